The van der Waals surface area contributed by atoms with Crippen LogP contribution < -0.4 is 0 Å². The molecule has 0 aromatic heterocycles. The summed E-state index contributed by atoms with van der Waals surface area (Å²) in [5.74, 6) is -0.874. The largest absolute Gasteiger partial charge is 0.207 e. The molecule has 100 valence electrons. The molecule has 0 aliphatic heterocycles. The molecular formula is C13H6Br3ClF2. The topological polar surface area (TPSA) is 0 Å². The van der Waals surface area contributed by atoms with Gasteiger partial charge in [-0.2, -0.15) is 0 Å². The third kappa shape index (κ3) is 3.38. The molecule has 0 bridgehead atoms. The van der Waals surface area contributed by atoms with Gasteiger partial charge in [-0.1, -0.05) is 43.5 Å². The Labute approximate surface area is 139 Å². The van der Waals surface area contributed by atoms with Crippen molar-refractivity contribution in [1.29, 1.82) is 0 Å². The van der Waals surface area contributed by atoms with Crippen molar-refractivity contribution in [1.82, 2.24) is 0 Å². The average Bonchev–Trinajstić information content (AvgIpc) is 2.36. The molecule has 0 aliphatic rings. The van der Waals surface area contributed by atoms with Gasteiger partial charge in [-0.25, -0.2) is 8.78 Å². The smallest absolute Gasteiger partial charge is 0.129 e. The van der Waals surface area contributed by atoms with Crippen LogP contribution in [-0.4, -0.2) is 0 Å². The van der Waals surface area contributed by atoms with Gasteiger partial charge in [-0.05, 0) is 46.3 Å². The molecule has 19 heavy (non-hydrogen) atoms. The molecule has 0 fully saturated rings. The van der Waals surface area contributed by atoms with Gasteiger partial charge in [0.25, 0.3) is 0 Å². The van der Waals surface area contributed by atoms with Crippen LogP contribution in [0.25, 0.3) is 0 Å². The fourth-order valence-corrected chi connectivity index (χ4v) is 3.18. The van der Waals surface area contributed by atoms with E-state index in [-0.39, 0.29) is 5.56 Å². The summed E-state index contributed by atoms with van der Waals surface area (Å²) < 4.78 is 28.9. The molecule has 6 heteroatoms. The Morgan fingerprint density at radius 2 is 1.58 bits per heavy atom. The van der Waals surface area contributed by atoms with Gasteiger partial charge in [0.1, 0.15) is 11.6 Å². The molecule has 2 rings (SSSR count). The minimum Gasteiger partial charge on any atom is -0.207 e. The van der Waals surface area contributed by atoms with Gasteiger partial charge in [0.15, 0.2) is 0 Å². The first kappa shape index (κ1) is 15.4. The number of halogens is 6. The van der Waals surface area contributed by atoms with Crippen molar-refractivity contribution in [2.75, 3.05) is 0 Å². The van der Waals surface area contributed by atoms with Crippen LogP contribution in [0.1, 0.15) is 16.0 Å². The highest BCUT2D eigenvalue weighted by Crippen LogP contribution is 2.38. The SMILES string of the molecule is Fc1ccc(Br)cc1C(Br)c1cc(Cl)c(Br)cc1F. The number of rotatable bonds is 2. The van der Waals surface area contributed by atoms with Crippen molar-refractivity contribution in [3.63, 3.8) is 0 Å². The molecule has 0 saturated carbocycles. The van der Waals surface area contributed by atoms with E-state index < -0.39 is 16.5 Å². The van der Waals surface area contributed by atoms with Crippen LogP contribution >= 0.6 is 59.4 Å². The molecule has 0 heterocycles. The third-order valence-electron chi connectivity index (χ3n) is 2.54. The highest BCUT2D eigenvalue weighted by atomic mass is 79.9. The molecule has 1 atom stereocenters. The lowest BCUT2D eigenvalue weighted by molar-refractivity contribution is 0.597. The standard InChI is InChI=1S/C13H6Br3ClF2/c14-6-1-2-11(18)7(3-6)13(16)8-4-10(17)9(15)5-12(8)19/h1-5,13H. The van der Waals surface area contributed by atoms with E-state index in [1.807, 2.05) is 0 Å². The Kier molecular flexibility index (Phi) is 5.04. The van der Waals surface area contributed by atoms with Crippen molar-refractivity contribution in [2.45, 2.75) is 4.83 Å². The minimum atomic E-state index is -0.615. The molecule has 0 nitrogen and oxygen atoms in total. The molecular weight excluding hydrogens is 469 g/mol. The van der Waals surface area contributed by atoms with Crippen molar-refractivity contribution >= 4 is 59.4 Å². The number of hydrogen-bond donors (Lipinski definition) is 0. The van der Waals surface area contributed by atoms with Gasteiger partial charge in [0.2, 0.25) is 0 Å². The van der Waals surface area contributed by atoms with E-state index >= 15 is 0 Å². The zero-order valence-corrected chi connectivity index (χ0v) is 14.7. The first-order valence-electron chi connectivity index (χ1n) is 5.13. The number of hydrogen-bond acceptors (Lipinski definition) is 0. The average molecular weight is 475 g/mol. The van der Waals surface area contributed by atoms with Gasteiger partial charge < -0.3 is 0 Å². The lowest BCUT2D eigenvalue weighted by Gasteiger charge is -2.14. The molecule has 0 N–H and O–H groups in total. The molecule has 0 amide bonds. The maximum atomic E-state index is 13.9. The molecule has 0 aliphatic carbocycles. The second kappa shape index (κ2) is 6.20. The second-order valence-corrected chi connectivity index (χ2v) is 6.91. The number of benzene rings is 2. The molecule has 2 aromatic carbocycles. The summed E-state index contributed by atoms with van der Waals surface area (Å²) in [6.45, 7) is 0. The van der Waals surface area contributed by atoms with Crippen LogP contribution in [0.4, 0.5) is 8.78 Å². The van der Waals surface area contributed by atoms with Crippen LogP contribution in [0.2, 0.25) is 5.02 Å². The Bertz CT molecular complexity index is 632. The van der Waals surface area contributed by atoms with E-state index in [2.05, 4.69) is 47.8 Å². The van der Waals surface area contributed by atoms with Crippen molar-refractivity contribution in [3.8, 4) is 0 Å². The van der Waals surface area contributed by atoms with Crippen LogP contribution in [0, 0.1) is 11.6 Å². The third-order valence-corrected chi connectivity index (χ3v) is 5.22. The maximum absolute atomic E-state index is 13.9. The first-order valence-corrected chi connectivity index (χ1v) is 8.01. The Hall–Kier alpha value is 0.0300. The van der Waals surface area contributed by atoms with Crippen molar-refractivity contribution in [3.05, 3.63) is 67.1 Å². The van der Waals surface area contributed by atoms with Crippen LogP contribution in [0.15, 0.2) is 39.3 Å². The summed E-state index contributed by atoms with van der Waals surface area (Å²) in [5, 5.41) is 0.372. The molecule has 0 saturated heterocycles. The second-order valence-electron chi connectivity index (χ2n) is 3.82. The summed E-state index contributed by atoms with van der Waals surface area (Å²) in [4.78, 5) is -0.615. The Balaban J connectivity index is 2.52. The summed E-state index contributed by atoms with van der Waals surface area (Å²) in [6, 6.07) is 7.25. The van der Waals surface area contributed by atoms with Gasteiger partial charge in [0, 0.05) is 20.1 Å². The van der Waals surface area contributed by atoms with E-state index in [1.165, 1.54) is 18.2 Å². The number of alkyl halides is 1. The zero-order chi connectivity index (χ0) is 14.2. The summed E-state index contributed by atoms with van der Waals surface area (Å²) in [6.07, 6.45) is 0. The molecule has 0 radical (unpaired) electrons. The Morgan fingerprint density at radius 1 is 0.947 bits per heavy atom. The normalized spacial score (nSPS) is 12.5. The van der Waals surface area contributed by atoms with Gasteiger partial charge in [-0.3, -0.25) is 0 Å². The minimum absolute atomic E-state index is 0.283. The van der Waals surface area contributed by atoms with E-state index in [0.29, 0.717) is 15.1 Å². The summed E-state index contributed by atoms with van der Waals surface area (Å²) in [5.41, 5.74) is 0.622. The lowest BCUT2D eigenvalue weighted by atomic mass is 10.0. The zero-order valence-electron chi connectivity index (χ0n) is 9.23. The van der Waals surface area contributed by atoms with E-state index in [9.17, 15) is 8.78 Å². The predicted octanol–water partition coefficient (Wildman–Crippen LogP) is 6.63. The van der Waals surface area contributed by atoms with Crippen molar-refractivity contribution < 1.29 is 8.78 Å². The fourth-order valence-electron chi connectivity index (χ4n) is 1.61. The maximum Gasteiger partial charge on any atom is 0.129 e. The highest BCUT2D eigenvalue weighted by Gasteiger charge is 2.20. The molecule has 2 aromatic rings. The lowest BCUT2D eigenvalue weighted by Crippen LogP contribution is -2.00. The van der Waals surface area contributed by atoms with E-state index in [4.69, 9.17) is 11.6 Å². The van der Waals surface area contributed by atoms with Crippen LogP contribution in [-0.2, 0) is 0 Å². The monoisotopic (exact) mass is 472 g/mol. The highest BCUT2D eigenvalue weighted by molar-refractivity contribution is 9.11. The van der Waals surface area contributed by atoms with E-state index in [1.54, 1.807) is 12.1 Å². The summed E-state index contributed by atoms with van der Waals surface area (Å²) >= 11 is 15.7. The molecule has 1 unspecified atom stereocenters. The van der Waals surface area contributed by atoms with Crippen LogP contribution in [0.3, 0.4) is 0 Å². The predicted molar refractivity (Wildman–Crippen MR) is 84.0 cm³/mol. The quantitative estimate of drug-likeness (QED) is 0.338. The van der Waals surface area contributed by atoms with Gasteiger partial charge >= 0.3 is 0 Å². The summed E-state index contributed by atoms with van der Waals surface area (Å²) in [7, 11) is 0. The van der Waals surface area contributed by atoms with Gasteiger partial charge in [-0.15, -0.1) is 0 Å². The van der Waals surface area contributed by atoms with Crippen LogP contribution in [0.5, 0.6) is 0 Å². The van der Waals surface area contributed by atoms with E-state index in [0.717, 1.165) is 4.47 Å². The van der Waals surface area contributed by atoms with Gasteiger partial charge in [0.05, 0.1) is 9.85 Å². The fraction of sp³-hybridized carbons (Fsp3) is 0.0769. The first-order chi connectivity index (χ1) is 8.90. The van der Waals surface area contributed by atoms with Crippen molar-refractivity contribution in [2.24, 2.45) is 0 Å². The Morgan fingerprint density at radius 3 is 2.26 bits per heavy atom. The molecule has 0 spiro atoms.